The first-order valence-electron chi connectivity index (χ1n) is 31.8. The summed E-state index contributed by atoms with van der Waals surface area (Å²) in [6, 6.07) is 65.4. The van der Waals surface area contributed by atoms with Gasteiger partial charge in [-0.05, 0) is 178 Å². The van der Waals surface area contributed by atoms with Crippen LogP contribution in [0.3, 0.4) is 0 Å². The lowest BCUT2D eigenvalue weighted by Crippen LogP contribution is -2.61. The molecule has 0 amide bonds. The van der Waals surface area contributed by atoms with Crippen molar-refractivity contribution in [3.8, 4) is 33.4 Å². The molecule has 82 heavy (non-hydrogen) atoms. The van der Waals surface area contributed by atoms with Crippen molar-refractivity contribution in [3.05, 3.63) is 251 Å². The summed E-state index contributed by atoms with van der Waals surface area (Å²) in [4.78, 5) is 6.98. The predicted molar refractivity (Wildman–Crippen MR) is 352 cm³/mol. The van der Waals surface area contributed by atoms with E-state index >= 15 is 0 Å². The van der Waals surface area contributed by atoms with Crippen LogP contribution in [0.25, 0.3) is 33.4 Å². The third kappa shape index (κ3) is 7.91. The Hall–Kier alpha value is -8.34. The quantitative estimate of drug-likeness (QED) is 0.154. The van der Waals surface area contributed by atoms with Gasteiger partial charge in [0.2, 0.25) is 0 Å². The molecule has 10 aromatic rings. The molecule has 14 rings (SSSR count). The lowest BCUT2D eigenvalue weighted by Gasteiger charge is -2.46. The zero-order chi connectivity index (χ0) is 61.3. The van der Waals surface area contributed by atoms with Gasteiger partial charge in [-0.15, -0.1) is 0 Å². The Morgan fingerprint density at radius 1 is 0.390 bits per heavy atom. The fourth-order valence-corrected chi connectivity index (χ4v) is 14.0. The van der Waals surface area contributed by atoms with Crippen LogP contribution in [0.15, 0.2) is 212 Å². The summed E-state index contributed by atoms with van der Waals surface area (Å²) < 4.78 is 46.8. The van der Waals surface area contributed by atoms with Gasteiger partial charge in [0.25, 0.3) is 6.71 Å². The van der Waals surface area contributed by atoms with Crippen LogP contribution in [0.2, 0.25) is 0 Å². The number of para-hydroxylation sites is 1. The number of anilines is 9. The Balaban J connectivity index is 1.10. The van der Waals surface area contributed by atoms with Crippen molar-refractivity contribution in [1.29, 1.82) is 0 Å². The van der Waals surface area contributed by atoms with Crippen LogP contribution < -0.4 is 31.1 Å². The van der Waals surface area contributed by atoms with Gasteiger partial charge in [0.1, 0.15) is 0 Å². The van der Waals surface area contributed by atoms with E-state index in [1.165, 1.54) is 66.6 Å². The molecule has 0 aromatic heterocycles. The van der Waals surface area contributed by atoms with Crippen molar-refractivity contribution in [3.63, 3.8) is 0 Å². The van der Waals surface area contributed by atoms with Gasteiger partial charge in [0, 0.05) is 61.9 Å². The molecule has 2 aliphatic heterocycles. The molecule has 0 spiro atoms. The van der Waals surface area contributed by atoms with Crippen molar-refractivity contribution in [2.45, 2.75) is 117 Å². The molecule has 2 aliphatic carbocycles. The molecule has 404 valence electrons. The minimum atomic E-state index is -0.436. The van der Waals surface area contributed by atoms with Crippen LogP contribution in [0.1, 0.15) is 136 Å². The molecule has 3 nitrogen and oxygen atoms in total. The highest BCUT2D eigenvalue weighted by Gasteiger charge is 2.46. The Morgan fingerprint density at radius 2 is 0.902 bits per heavy atom. The van der Waals surface area contributed by atoms with Gasteiger partial charge in [-0.2, -0.15) is 0 Å². The van der Waals surface area contributed by atoms with Crippen LogP contribution in [-0.4, -0.2) is 6.71 Å². The fraction of sp³-hybridized carbons (Fsp3) is 0.231. The maximum atomic E-state index is 9.79. The van der Waals surface area contributed by atoms with Crippen LogP contribution in [0.4, 0.5) is 51.2 Å². The van der Waals surface area contributed by atoms with Gasteiger partial charge in [-0.25, -0.2) is 0 Å². The molecular weight excluding hydrogens is 990 g/mol. The van der Waals surface area contributed by atoms with E-state index in [2.05, 4.69) is 264 Å². The molecular formula is C78H74BN3. The fourth-order valence-electron chi connectivity index (χ4n) is 14.0. The molecule has 0 N–H and O–H groups in total. The second-order valence-electron chi connectivity index (χ2n) is 27.5. The van der Waals surface area contributed by atoms with Gasteiger partial charge in [-0.3, -0.25) is 0 Å². The third-order valence-corrected chi connectivity index (χ3v) is 18.6. The first kappa shape index (κ1) is 46.3. The highest BCUT2D eigenvalue weighted by Crippen LogP contribution is 2.55. The smallest absolute Gasteiger partial charge is 0.252 e. The maximum Gasteiger partial charge on any atom is 0.252 e. The Morgan fingerprint density at radius 3 is 1.48 bits per heavy atom. The van der Waals surface area contributed by atoms with Crippen LogP contribution >= 0.6 is 0 Å². The van der Waals surface area contributed by atoms with E-state index in [0.717, 1.165) is 56.3 Å². The van der Waals surface area contributed by atoms with Crippen LogP contribution in [0.5, 0.6) is 0 Å². The normalized spacial score (nSPS) is 15.9. The van der Waals surface area contributed by atoms with E-state index in [4.69, 9.17) is 1.37 Å². The summed E-state index contributed by atoms with van der Waals surface area (Å²) in [5.41, 5.74) is 25.7. The molecule has 0 fully saturated rings. The zero-order valence-electron chi connectivity index (χ0n) is 54.7. The molecule has 4 heteroatoms. The summed E-state index contributed by atoms with van der Waals surface area (Å²) >= 11 is 0. The lowest BCUT2D eigenvalue weighted by atomic mass is 9.33. The van der Waals surface area contributed by atoms with Gasteiger partial charge >= 0.3 is 0 Å². The summed E-state index contributed by atoms with van der Waals surface area (Å²) in [7, 11) is 0. The molecule has 0 bridgehead atoms. The molecule has 0 unspecified atom stereocenters. The average Bonchev–Trinajstić information content (AvgIpc) is 1.11. The molecule has 0 saturated carbocycles. The number of benzene rings is 10. The lowest BCUT2D eigenvalue weighted by molar-refractivity contribution is 0.590. The van der Waals surface area contributed by atoms with Crippen LogP contribution in [-0.2, 0) is 27.1 Å². The number of nitrogens with zero attached hydrogens (tertiary/aromatic N) is 3. The minimum absolute atomic E-state index is 0.0767. The number of hydrogen-bond donors (Lipinski definition) is 0. The van der Waals surface area contributed by atoms with E-state index in [0.29, 0.717) is 11.4 Å². The molecule has 0 radical (unpaired) electrons. The van der Waals surface area contributed by atoms with Gasteiger partial charge in [-0.1, -0.05) is 223 Å². The first-order chi connectivity index (χ1) is 41.2. The van der Waals surface area contributed by atoms with E-state index in [-0.39, 0.29) is 51.6 Å². The summed E-state index contributed by atoms with van der Waals surface area (Å²) in [6.07, 6.45) is 0. The highest BCUT2D eigenvalue weighted by molar-refractivity contribution is 7.00. The molecule has 0 saturated heterocycles. The van der Waals surface area contributed by atoms with E-state index in [1.807, 2.05) is 23.1 Å². The molecule has 2 heterocycles. The van der Waals surface area contributed by atoms with E-state index in [9.17, 15) is 5.48 Å². The number of fused-ring (bicyclic) bond motifs is 10. The second kappa shape index (κ2) is 18.1. The van der Waals surface area contributed by atoms with Crippen molar-refractivity contribution in [2.75, 3.05) is 14.7 Å². The number of rotatable bonds is 6. The summed E-state index contributed by atoms with van der Waals surface area (Å²) in [5.74, 6) is 0. The van der Waals surface area contributed by atoms with Crippen molar-refractivity contribution < 1.29 is 6.85 Å². The van der Waals surface area contributed by atoms with Crippen LogP contribution in [0, 0.1) is 0 Å². The zero-order valence-corrected chi connectivity index (χ0v) is 49.7. The molecule has 10 aromatic carbocycles. The van der Waals surface area contributed by atoms with Gasteiger partial charge < -0.3 is 14.7 Å². The SMILES string of the molecule is [2H]c1c([2H])c([2H])c(N(c2ccc3c(c2)N(c2ccc4c(c2)C(C)(C)c2ccccc2-4)c2cc(C(C)(C)C)cc4c2B3c2cc(C(C)(C)C)ccc2N4c2ccc3c(c2)C(C)(C)c2ccccc2-3)c2ccc(C(C)(C)C)cc2-c2ccccc2)c([2H])c1[2H]. The summed E-state index contributed by atoms with van der Waals surface area (Å²) in [6.45, 7) is 29.6. The molecule has 4 aliphatic rings. The topological polar surface area (TPSA) is 9.72 Å². The average molecular weight is 1070 g/mol. The number of hydrogen-bond acceptors (Lipinski definition) is 3. The third-order valence-electron chi connectivity index (χ3n) is 18.6. The Kier molecular flexibility index (Phi) is 10.2. The Labute approximate surface area is 495 Å². The van der Waals surface area contributed by atoms with Crippen molar-refractivity contribution in [2.24, 2.45) is 0 Å². The molecule has 0 atom stereocenters. The minimum Gasteiger partial charge on any atom is -0.311 e. The largest absolute Gasteiger partial charge is 0.311 e. The highest BCUT2D eigenvalue weighted by atomic mass is 15.2. The van der Waals surface area contributed by atoms with E-state index in [1.54, 1.807) is 0 Å². The standard InChI is InChI=1S/C78H74BN3/c1-74(2,3)50-32-40-68(61(42-50)49-24-16-14-17-25-49)80(53-26-18-15-19-27-53)56-36-39-66-70(48-56)82(55-35-38-60-58-29-21-23-31-63(58)78(12,13)65(60)47-55)72-45-52(76(7,8)9)44-71-73(72)79(66)67-43-51(75(4,5)6)33-41-69(67)81(71)54-34-37-59-57-28-20-22-30-62(57)77(10,11)64(59)46-54/h14-48H,1-13H3/i15D,18D,19D,26D,27D. The predicted octanol–water partition coefficient (Wildman–Crippen LogP) is 19.4. The maximum absolute atomic E-state index is 9.79. The van der Waals surface area contributed by atoms with Gasteiger partial charge in [0.05, 0.1) is 12.5 Å². The summed E-state index contributed by atoms with van der Waals surface area (Å²) in [5, 5.41) is 0. The van der Waals surface area contributed by atoms with Crippen molar-refractivity contribution in [1.82, 2.24) is 0 Å². The van der Waals surface area contributed by atoms with E-state index < -0.39 is 18.1 Å². The first-order valence-corrected chi connectivity index (χ1v) is 29.3. The van der Waals surface area contributed by atoms with Crippen molar-refractivity contribution >= 4 is 74.3 Å². The Bertz CT molecular complexity index is 4530. The van der Waals surface area contributed by atoms with Gasteiger partial charge in [0.15, 0.2) is 0 Å². The monoisotopic (exact) mass is 1070 g/mol. The second-order valence-corrected chi connectivity index (χ2v) is 27.5.